The van der Waals surface area contributed by atoms with Gasteiger partial charge in [0.1, 0.15) is 5.69 Å². The van der Waals surface area contributed by atoms with Crippen LogP contribution >= 0.6 is 35.6 Å². The minimum Gasteiger partial charge on any atom is -0.326 e. The Morgan fingerprint density at radius 1 is 1.12 bits per heavy atom. The topological polar surface area (TPSA) is 43.8 Å². The van der Waals surface area contributed by atoms with Crippen molar-refractivity contribution in [3.63, 3.8) is 0 Å². The predicted octanol–water partition coefficient (Wildman–Crippen LogP) is 5.91. The van der Waals surface area contributed by atoms with Gasteiger partial charge >= 0.3 is 0 Å². The van der Waals surface area contributed by atoms with E-state index >= 15 is 0 Å². The molecule has 6 heteroatoms. The van der Waals surface area contributed by atoms with Crippen LogP contribution in [0, 0.1) is 6.92 Å². The Morgan fingerprint density at radius 3 is 2.42 bits per heavy atom. The van der Waals surface area contributed by atoms with Gasteiger partial charge in [0.2, 0.25) is 0 Å². The first-order valence-corrected chi connectivity index (χ1v) is 9.17. The third kappa shape index (κ3) is 3.63. The van der Waals surface area contributed by atoms with E-state index in [9.17, 15) is 0 Å². The SMILES string of the molecule is Cc1ccc(-c2ccn(-c3c(Cl)cc(C4CC4)cc3Cl)n2)cc1CN.Cl. The van der Waals surface area contributed by atoms with E-state index < -0.39 is 0 Å². The number of halogens is 3. The Kier molecular flexibility index (Phi) is 5.64. The smallest absolute Gasteiger partial charge is 0.102 e. The minimum atomic E-state index is 0. The lowest BCUT2D eigenvalue weighted by molar-refractivity contribution is 0.882. The Hall–Kier alpha value is -1.52. The summed E-state index contributed by atoms with van der Waals surface area (Å²) in [5, 5.41) is 5.94. The van der Waals surface area contributed by atoms with Gasteiger partial charge in [-0.05, 0) is 66.6 Å². The van der Waals surface area contributed by atoms with Crippen LogP contribution in [-0.2, 0) is 6.54 Å². The summed E-state index contributed by atoms with van der Waals surface area (Å²) in [6.07, 6.45) is 4.32. The van der Waals surface area contributed by atoms with Gasteiger partial charge in [-0.1, -0.05) is 35.3 Å². The molecule has 2 N–H and O–H groups in total. The van der Waals surface area contributed by atoms with E-state index in [0.717, 1.165) is 22.5 Å². The zero-order chi connectivity index (χ0) is 17.6. The maximum Gasteiger partial charge on any atom is 0.102 e. The van der Waals surface area contributed by atoms with Crippen molar-refractivity contribution in [2.45, 2.75) is 32.2 Å². The van der Waals surface area contributed by atoms with Gasteiger partial charge in [0, 0.05) is 18.3 Å². The molecule has 0 saturated heterocycles. The summed E-state index contributed by atoms with van der Waals surface area (Å²) >= 11 is 13.0. The van der Waals surface area contributed by atoms with Crippen LogP contribution in [0.5, 0.6) is 0 Å². The van der Waals surface area contributed by atoms with Crippen LogP contribution in [0.1, 0.15) is 35.4 Å². The van der Waals surface area contributed by atoms with Crippen LogP contribution < -0.4 is 5.73 Å². The molecule has 2 aromatic carbocycles. The predicted molar refractivity (Wildman–Crippen MR) is 111 cm³/mol. The summed E-state index contributed by atoms with van der Waals surface area (Å²) in [7, 11) is 0. The van der Waals surface area contributed by atoms with E-state index in [1.807, 2.05) is 24.4 Å². The van der Waals surface area contributed by atoms with Crippen LogP contribution in [-0.4, -0.2) is 9.78 Å². The molecule has 1 aliphatic rings. The summed E-state index contributed by atoms with van der Waals surface area (Å²) in [5.41, 5.74) is 12.0. The highest BCUT2D eigenvalue weighted by molar-refractivity contribution is 6.37. The van der Waals surface area contributed by atoms with Crippen molar-refractivity contribution >= 4 is 35.6 Å². The molecular weight excluding hydrogens is 389 g/mol. The molecule has 4 rings (SSSR count). The van der Waals surface area contributed by atoms with Crippen LogP contribution in [0.25, 0.3) is 16.9 Å². The number of aromatic nitrogens is 2. The van der Waals surface area contributed by atoms with Crippen molar-refractivity contribution in [3.05, 3.63) is 69.3 Å². The number of nitrogens with two attached hydrogens (primary N) is 1. The maximum absolute atomic E-state index is 6.50. The van der Waals surface area contributed by atoms with Crippen molar-refractivity contribution in [2.24, 2.45) is 5.73 Å². The van der Waals surface area contributed by atoms with E-state index in [-0.39, 0.29) is 12.4 Å². The number of hydrogen-bond donors (Lipinski definition) is 1. The summed E-state index contributed by atoms with van der Waals surface area (Å²) in [6.45, 7) is 2.58. The van der Waals surface area contributed by atoms with Gasteiger partial charge < -0.3 is 5.73 Å². The fourth-order valence-electron chi connectivity index (χ4n) is 3.11. The summed E-state index contributed by atoms with van der Waals surface area (Å²) < 4.78 is 1.75. The van der Waals surface area contributed by atoms with Crippen LogP contribution in [0.4, 0.5) is 0 Å². The van der Waals surface area contributed by atoms with Crippen molar-refractivity contribution in [1.82, 2.24) is 9.78 Å². The molecule has 1 fully saturated rings. The van der Waals surface area contributed by atoms with E-state index in [0.29, 0.717) is 22.5 Å². The zero-order valence-electron chi connectivity index (χ0n) is 14.4. The Bertz CT molecular complexity index is 922. The van der Waals surface area contributed by atoms with Gasteiger partial charge in [0.05, 0.1) is 15.7 Å². The highest BCUT2D eigenvalue weighted by Crippen LogP contribution is 2.43. The number of nitrogens with zero attached hydrogens (tertiary/aromatic N) is 2. The molecule has 3 aromatic rings. The zero-order valence-corrected chi connectivity index (χ0v) is 16.7. The fraction of sp³-hybridized carbons (Fsp3) is 0.250. The summed E-state index contributed by atoms with van der Waals surface area (Å²) in [4.78, 5) is 0. The lowest BCUT2D eigenvalue weighted by Gasteiger charge is -2.10. The first-order valence-electron chi connectivity index (χ1n) is 8.42. The second kappa shape index (κ2) is 7.61. The number of rotatable bonds is 4. The molecule has 0 radical (unpaired) electrons. The molecular formula is C20H20Cl3N3. The molecule has 0 amide bonds. The molecule has 1 aromatic heterocycles. The molecule has 0 spiro atoms. The van der Waals surface area contributed by atoms with E-state index in [2.05, 4.69) is 30.2 Å². The van der Waals surface area contributed by atoms with Crippen molar-refractivity contribution in [1.29, 1.82) is 0 Å². The second-order valence-electron chi connectivity index (χ2n) is 6.60. The van der Waals surface area contributed by atoms with Crippen LogP contribution in [0.3, 0.4) is 0 Å². The third-order valence-corrected chi connectivity index (χ3v) is 5.35. The number of benzene rings is 2. The lowest BCUT2D eigenvalue weighted by Crippen LogP contribution is -2.00. The summed E-state index contributed by atoms with van der Waals surface area (Å²) in [6, 6.07) is 12.2. The highest BCUT2D eigenvalue weighted by Gasteiger charge is 2.25. The average Bonchev–Trinajstić information content (AvgIpc) is 3.34. The largest absolute Gasteiger partial charge is 0.326 e. The van der Waals surface area contributed by atoms with Gasteiger partial charge in [-0.25, -0.2) is 4.68 Å². The van der Waals surface area contributed by atoms with Crippen molar-refractivity contribution in [2.75, 3.05) is 0 Å². The molecule has 1 aliphatic carbocycles. The monoisotopic (exact) mass is 407 g/mol. The molecule has 1 heterocycles. The quantitative estimate of drug-likeness (QED) is 0.583. The van der Waals surface area contributed by atoms with Crippen LogP contribution in [0.2, 0.25) is 10.0 Å². The van der Waals surface area contributed by atoms with Gasteiger partial charge in [-0.15, -0.1) is 12.4 Å². The molecule has 3 nitrogen and oxygen atoms in total. The molecule has 26 heavy (non-hydrogen) atoms. The molecule has 0 bridgehead atoms. The molecule has 1 saturated carbocycles. The van der Waals surface area contributed by atoms with Gasteiger partial charge in [0.15, 0.2) is 0 Å². The minimum absolute atomic E-state index is 0. The lowest BCUT2D eigenvalue weighted by atomic mass is 10.0. The second-order valence-corrected chi connectivity index (χ2v) is 7.41. The highest BCUT2D eigenvalue weighted by atomic mass is 35.5. The Morgan fingerprint density at radius 2 is 1.81 bits per heavy atom. The van der Waals surface area contributed by atoms with Crippen molar-refractivity contribution in [3.8, 4) is 16.9 Å². The molecule has 0 unspecified atom stereocenters. The molecule has 136 valence electrons. The van der Waals surface area contributed by atoms with E-state index in [4.69, 9.17) is 28.9 Å². The fourth-order valence-corrected chi connectivity index (χ4v) is 3.79. The standard InChI is InChI=1S/C20H19Cl2N3.ClH/c1-12-2-3-14(8-16(12)11-23)19-6-7-25(24-19)20-17(21)9-15(10-18(20)22)13-4-5-13;/h2-3,6-10,13H,4-5,11,23H2,1H3;1H. The third-order valence-electron chi connectivity index (χ3n) is 4.77. The van der Waals surface area contributed by atoms with Crippen LogP contribution in [0.15, 0.2) is 42.6 Å². The van der Waals surface area contributed by atoms with Gasteiger partial charge in [-0.3, -0.25) is 0 Å². The van der Waals surface area contributed by atoms with Gasteiger partial charge in [0.25, 0.3) is 0 Å². The first kappa shape index (κ1) is 19.2. The number of aryl methyl sites for hydroxylation is 1. The first-order chi connectivity index (χ1) is 12.1. The van der Waals surface area contributed by atoms with Crippen molar-refractivity contribution < 1.29 is 0 Å². The Labute approximate surface area is 169 Å². The number of hydrogen-bond acceptors (Lipinski definition) is 2. The Balaban J connectivity index is 0.00000196. The summed E-state index contributed by atoms with van der Waals surface area (Å²) in [5.74, 6) is 0.611. The van der Waals surface area contributed by atoms with E-state index in [1.54, 1.807) is 4.68 Å². The maximum atomic E-state index is 6.50. The molecule has 0 aliphatic heterocycles. The average molecular weight is 409 g/mol. The molecule has 0 atom stereocenters. The van der Waals surface area contributed by atoms with E-state index in [1.165, 1.54) is 24.0 Å². The van der Waals surface area contributed by atoms with Gasteiger partial charge in [-0.2, -0.15) is 5.10 Å². The normalized spacial score (nSPS) is 13.5.